The SMILES string of the molecule is CCc1onc(C)c1[C@H]1CCCN1C(=O)c1cc(-c2cccc(Cl)c2)on1. The molecule has 1 aromatic carbocycles. The highest BCUT2D eigenvalue weighted by molar-refractivity contribution is 6.30. The number of hydrogen-bond acceptors (Lipinski definition) is 5. The predicted molar refractivity (Wildman–Crippen MR) is 101 cm³/mol. The maximum absolute atomic E-state index is 13.1. The number of aromatic nitrogens is 2. The van der Waals surface area contributed by atoms with E-state index in [-0.39, 0.29) is 11.9 Å². The summed E-state index contributed by atoms with van der Waals surface area (Å²) >= 11 is 6.04. The molecule has 3 aromatic rings. The van der Waals surface area contributed by atoms with E-state index in [1.165, 1.54) is 0 Å². The average molecular weight is 386 g/mol. The Balaban J connectivity index is 1.62. The maximum atomic E-state index is 13.1. The predicted octanol–water partition coefficient (Wildman–Crippen LogP) is 4.83. The molecule has 0 aliphatic carbocycles. The monoisotopic (exact) mass is 385 g/mol. The van der Waals surface area contributed by atoms with Crippen LogP contribution in [0.5, 0.6) is 0 Å². The Bertz CT molecular complexity index is 979. The maximum Gasteiger partial charge on any atom is 0.276 e. The molecule has 1 fully saturated rings. The molecule has 0 radical (unpaired) electrons. The van der Waals surface area contributed by atoms with Crippen molar-refractivity contribution in [3.63, 3.8) is 0 Å². The van der Waals surface area contributed by atoms with Crippen LogP contribution in [0.1, 0.15) is 53.3 Å². The fraction of sp³-hybridized carbons (Fsp3) is 0.350. The Morgan fingerprint density at radius 1 is 1.30 bits per heavy atom. The van der Waals surface area contributed by atoms with Crippen molar-refractivity contribution in [2.45, 2.75) is 39.2 Å². The highest BCUT2D eigenvalue weighted by Crippen LogP contribution is 2.37. The molecule has 1 aliphatic heterocycles. The summed E-state index contributed by atoms with van der Waals surface area (Å²) in [5.41, 5.74) is 2.96. The van der Waals surface area contributed by atoms with E-state index in [1.807, 2.05) is 30.9 Å². The number of halogens is 1. The smallest absolute Gasteiger partial charge is 0.276 e. The molecule has 1 atom stereocenters. The van der Waals surface area contributed by atoms with Gasteiger partial charge < -0.3 is 13.9 Å². The van der Waals surface area contributed by atoms with Crippen molar-refractivity contribution in [1.82, 2.24) is 15.2 Å². The summed E-state index contributed by atoms with van der Waals surface area (Å²) in [5, 5.41) is 8.69. The molecule has 4 rings (SSSR count). The van der Waals surface area contributed by atoms with Crippen LogP contribution in [-0.2, 0) is 6.42 Å². The van der Waals surface area contributed by atoms with Crippen LogP contribution in [0.4, 0.5) is 0 Å². The molecule has 2 aromatic heterocycles. The summed E-state index contributed by atoms with van der Waals surface area (Å²) < 4.78 is 10.8. The van der Waals surface area contributed by atoms with Crippen molar-refractivity contribution < 1.29 is 13.8 Å². The second-order valence-corrected chi connectivity index (χ2v) is 7.14. The third-order valence-corrected chi connectivity index (χ3v) is 5.22. The van der Waals surface area contributed by atoms with Crippen LogP contribution in [0.15, 0.2) is 39.4 Å². The van der Waals surface area contributed by atoms with E-state index in [2.05, 4.69) is 10.3 Å². The fourth-order valence-electron chi connectivity index (χ4n) is 3.72. The van der Waals surface area contributed by atoms with Crippen LogP contribution in [0.2, 0.25) is 5.02 Å². The Kier molecular flexibility index (Phi) is 4.74. The lowest BCUT2D eigenvalue weighted by Crippen LogP contribution is -2.31. The van der Waals surface area contributed by atoms with Gasteiger partial charge >= 0.3 is 0 Å². The van der Waals surface area contributed by atoms with Crippen LogP contribution >= 0.6 is 11.6 Å². The number of carbonyl (C=O) groups excluding carboxylic acids is 1. The standard InChI is InChI=1S/C20H20ClN3O3/c1-3-17-19(12(2)22-26-17)16-8-5-9-24(16)20(25)15-11-18(27-23-15)13-6-4-7-14(21)10-13/h4,6-7,10-11,16H,3,5,8-9H2,1-2H3/t16-/m1/s1. The quantitative estimate of drug-likeness (QED) is 0.643. The largest absolute Gasteiger partial charge is 0.361 e. The molecule has 27 heavy (non-hydrogen) atoms. The van der Waals surface area contributed by atoms with Crippen molar-refractivity contribution in [3.8, 4) is 11.3 Å². The molecule has 1 aliphatic rings. The second kappa shape index (κ2) is 7.19. The number of amides is 1. The zero-order valence-electron chi connectivity index (χ0n) is 15.2. The summed E-state index contributed by atoms with van der Waals surface area (Å²) in [5.74, 6) is 1.22. The molecule has 0 N–H and O–H groups in total. The fourth-order valence-corrected chi connectivity index (χ4v) is 3.91. The number of likely N-dealkylation sites (tertiary alicyclic amines) is 1. The molecule has 140 valence electrons. The molecule has 0 spiro atoms. The zero-order chi connectivity index (χ0) is 19.0. The minimum Gasteiger partial charge on any atom is -0.361 e. The van der Waals surface area contributed by atoms with Crippen molar-refractivity contribution >= 4 is 17.5 Å². The van der Waals surface area contributed by atoms with Crippen molar-refractivity contribution in [2.24, 2.45) is 0 Å². The zero-order valence-corrected chi connectivity index (χ0v) is 16.0. The van der Waals surface area contributed by atoms with Crippen molar-refractivity contribution in [3.05, 3.63) is 58.1 Å². The Labute approximate surface area is 162 Å². The number of nitrogens with zero attached hydrogens (tertiary/aromatic N) is 3. The summed E-state index contributed by atoms with van der Waals surface area (Å²) in [6, 6.07) is 8.90. The van der Waals surface area contributed by atoms with E-state index in [4.69, 9.17) is 20.6 Å². The molecule has 3 heterocycles. The summed E-state index contributed by atoms with van der Waals surface area (Å²) in [6.45, 7) is 4.63. The summed E-state index contributed by atoms with van der Waals surface area (Å²) in [6.07, 6.45) is 2.57. The van der Waals surface area contributed by atoms with Crippen LogP contribution in [0.25, 0.3) is 11.3 Å². The molecule has 1 amide bonds. The third-order valence-electron chi connectivity index (χ3n) is 4.99. The number of carbonyl (C=O) groups is 1. The number of aryl methyl sites for hydroxylation is 2. The van der Waals surface area contributed by atoms with E-state index >= 15 is 0 Å². The number of rotatable bonds is 4. The molecule has 0 unspecified atom stereocenters. The molecular formula is C20H20ClN3O3. The minimum absolute atomic E-state index is 0.0370. The first-order valence-corrected chi connectivity index (χ1v) is 9.45. The van der Waals surface area contributed by atoms with Gasteiger partial charge in [-0.05, 0) is 31.9 Å². The van der Waals surface area contributed by atoms with Gasteiger partial charge in [0.25, 0.3) is 5.91 Å². The first kappa shape index (κ1) is 17.8. The molecule has 0 saturated carbocycles. The van der Waals surface area contributed by atoms with Gasteiger partial charge in [-0.2, -0.15) is 0 Å². The van der Waals surface area contributed by atoms with Gasteiger partial charge in [-0.25, -0.2) is 0 Å². The molecule has 7 heteroatoms. The van der Waals surface area contributed by atoms with E-state index in [0.717, 1.165) is 41.8 Å². The van der Waals surface area contributed by atoms with Gasteiger partial charge in [-0.1, -0.05) is 41.0 Å². The van der Waals surface area contributed by atoms with Crippen LogP contribution < -0.4 is 0 Å². The van der Waals surface area contributed by atoms with E-state index in [0.29, 0.717) is 23.0 Å². The topological polar surface area (TPSA) is 72.4 Å². The first-order chi connectivity index (χ1) is 13.1. The lowest BCUT2D eigenvalue weighted by Gasteiger charge is -2.24. The van der Waals surface area contributed by atoms with Crippen molar-refractivity contribution in [2.75, 3.05) is 6.54 Å². The Morgan fingerprint density at radius 3 is 2.93 bits per heavy atom. The van der Waals surface area contributed by atoms with E-state index < -0.39 is 0 Å². The van der Waals surface area contributed by atoms with Gasteiger partial charge in [-0.15, -0.1) is 0 Å². The normalized spacial score (nSPS) is 16.9. The third kappa shape index (κ3) is 3.25. The van der Waals surface area contributed by atoms with Crippen LogP contribution in [-0.4, -0.2) is 27.7 Å². The van der Waals surface area contributed by atoms with Crippen LogP contribution in [0.3, 0.4) is 0 Å². The van der Waals surface area contributed by atoms with Gasteiger partial charge in [0.1, 0.15) is 5.76 Å². The van der Waals surface area contributed by atoms with Gasteiger partial charge in [-0.3, -0.25) is 4.79 Å². The van der Waals surface area contributed by atoms with E-state index in [9.17, 15) is 4.79 Å². The van der Waals surface area contributed by atoms with Gasteiger partial charge in [0.2, 0.25) is 0 Å². The lowest BCUT2D eigenvalue weighted by molar-refractivity contribution is 0.0724. The molecule has 0 bridgehead atoms. The highest BCUT2D eigenvalue weighted by atomic mass is 35.5. The van der Waals surface area contributed by atoms with Crippen molar-refractivity contribution in [1.29, 1.82) is 0 Å². The highest BCUT2D eigenvalue weighted by Gasteiger charge is 2.35. The van der Waals surface area contributed by atoms with Gasteiger partial charge in [0.05, 0.1) is 11.7 Å². The van der Waals surface area contributed by atoms with Gasteiger partial charge in [0.15, 0.2) is 11.5 Å². The second-order valence-electron chi connectivity index (χ2n) is 6.70. The molecule has 1 saturated heterocycles. The number of benzene rings is 1. The molecular weight excluding hydrogens is 366 g/mol. The molecule has 6 nitrogen and oxygen atoms in total. The number of hydrogen-bond donors (Lipinski definition) is 0. The Morgan fingerprint density at radius 2 is 2.15 bits per heavy atom. The first-order valence-electron chi connectivity index (χ1n) is 9.07. The van der Waals surface area contributed by atoms with Gasteiger partial charge in [0, 0.05) is 35.2 Å². The van der Waals surface area contributed by atoms with E-state index in [1.54, 1.807) is 18.2 Å². The van der Waals surface area contributed by atoms with Crippen LogP contribution in [0, 0.1) is 6.92 Å². The lowest BCUT2D eigenvalue weighted by atomic mass is 10.0. The average Bonchev–Trinajstić information content (AvgIpc) is 3.40. The Hall–Kier alpha value is -2.60. The minimum atomic E-state index is -0.141. The summed E-state index contributed by atoms with van der Waals surface area (Å²) in [4.78, 5) is 14.9. The summed E-state index contributed by atoms with van der Waals surface area (Å²) in [7, 11) is 0.